The van der Waals surface area contributed by atoms with Crippen molar-refractivity contribution in [3.63, 3.8) is 0 Å². The van der Waals surface area contributed by atoms with E-state index in [1.54, 1.807) is 19.4 Å². The minimum Gasteiger partial charge on any atom is -0.481 e. The Bertz CT molecular complexity index is 583. The standard InChI is InChI=1S/C14H17N5O2/c1-3-15-12-9-16-11(8-17-12)14(20)19-7-10-4-5-13(21-2)18-6-10/h4-6,8-9H,3,7H2,1-2H3,(H,15,17)(H,19,20). The highest BCUT2D eigenvalue weighted by Crippen LogP contribution is 2.06. The number of hydrogen-bond donors (Lipinski definition) is 2. The van der Waals surface area contributed by atoms with Gasteiger partial charge in [-0.1, -0.05) is 6.07 Å². The summed E-state index contributed by atoms with van der Waals surface area (Å²) in [6, 6.07) is 3.58. The van der Waals surface area contributed by atoms with Crippen LogP contribution < -0.4 is 15.4 Å². The van der Waals surface area contributed by atoms with Gasteiger partial charge in [0.05, 0.1) is 19.5 Å². The van der Waals surface area contributed by atoms with Crippen LogP contribution in [0.25, 0.3) is 0 Å². The van der Waals surface area contributed by atoms with Gasteiger partial charge in [0.2, 0.25) is 5.88 Å². The lowest BCUT2D eigenvalue weighted by Gasteiger charge is -2.06. The highest BCUT2D eigenvalue weighted by molar-refractivity contribution is 5.91. The molecule has 0 saturated heterocycles. The molecule has 0 spiro atoms. The van der Waals surface area contributed by atoms with Crippen LogP contribution in [0.3, 0.4) is 0 Å². The van der Waals surface area contributed by atoms with E-state index in [1.807, 2.05) is 13.0 Å². The minimum atomic E-state index is -0.277. The summed E-state index contributed by atoms with van der Waals surface area (Å²) in [7, 11) is 1.56. The third-order valence-electron chi connectivity index (χ3n) is 2.70. The van der Waals surface area contributed by atoms with Gasteiger partial charge in [0.25, 0.3) is 5.91 Å². The van der Waals surface area contributed by atoms with Gasteiger partial charge in [0.1, 0.15) is 11.5 Å². The first-order chi connectivity index (χ1) is 10.2. The predicted octanol–water partition coefficient (Wildman–Crippen LogP) is 1.24. The average molecular weight is 287 g/mol. The molecule has 0 aliphatic rings. The highest BCUT2D eigenvalue weighted by Gasteiger charge is 2.07. The third kappa shape index (κ3) is 4.13. The maximum Gasteiger partial charge on any atom is 0.271 e. The van der Waals surface area contributed by atoms with Gasteiger partial charge in [-0.15, -0.1) is 0 Å². The summed E-state index contributed by atoms with van der Waals surface area (Å²) >= 11 is 0. The van der Waals surface area contributed by atoms with Crippen molar-refractivity contribution in [3.8, 4) is 5.88 Å². The molecule has 0 saturated carbocycles. The monoisotopic (exact) mass is 287 g/mol. The van der Waals surface area contributed by atoms with Crippen molar-refractivity contribution in [2.45, 2.75) is 13.5 Å². The average Bonchev–Trinajstić information content (AvgIpc) is 2.54. The van der Waals surface area contributed by atoms with Gasteiger partial charge in [0, 0.05) is 25.4 Å². The molecule has 7 nitrogen and oxygen atoms in total. The van der Waals surface area contributed by atoms with Crippen LogP contribution in [0, 0.1) is 0 Å². The molecule has 2 heterocycles. The molecule has 0 aromatic carbocycles. The summed E-state index contributed by atoms with van der Waals surface area (Å²) in [6.45, 7) is 3.09. The normalized spacial score (nSPS) is 10.0. The third-order valence-corrected chi connectivity index (χ3v) is 2.70. The topological polar surface area (TPSA) is 89.0 Å². The number of nitrogens with one attached hydrogen (secondary N) is 2. The van der Waals surface area contributed by atoms with Crippen LogP contribution >= 0.6 is 0 Å². The fourth-order valence-electron chi connectivity index (χ4n) is 1.63. The van der Waals surface area contributed by atoms with Gasteiger partial charge in [0.15, 0.2) is 0 Å². The minimum absolute atomic E-state index is 0.276. The van der Waals surface area contributed by atoms with E-state index in [1.165, 1.54) is 12.4 Å². The number of carbonyl (C=O) groups excluding carboxylic acids is 1. The van der Waals surface area contributed by atoms with Crippen molar-refractivity contribution in [1.29, 1.82) is 0 Å². The number of pyridine rings is 1. The summed E-state index contributed by atoms with van der Waals surface area (Å²) in [5, 5.41) is 5.78. The Hall–Kier alpha value is -2.70. The smallest absolute Gasteiger partial charge is 0.271 e. The Balaban J connectivity index is 1.91. The zero-order valence-electron chi connectivity index (χ0n) is 12.0. The molecule has 0 aliphatic carbocycles. The second-order valence-electron chi connectivity index (χ2n) is 4.21. The first-order valence-electron chi connectivity index (χ1n) is 6.56. The van der Waals surface area contributed by atoms with E-state index < -0.39 is 0 Å². The molecule has 0 atom stereocenters. The van der Waals surface area contributed by atoms with Gasteiger partial charge in [-0.3, -0.25) is 4.79 Å². The zero-order chi connectivity index (χ0) is 15.1. The second kappa shape index (κ2) is 7.18. The van der Waals surface area contributed by atoms with E-state index in [9.17, 15) is 4.79 Å². The van der Waals surface area contributed by atoms with E-state index in [-0.39, 0.29) is 11.6 Å². The van der Waals surface area contributed by atoms with Crippen molar-refractivity contribution in [1.82, 2.24) is 20.3 Å². The molecular formula is C14H17N5O2. The van der Waals surface area contributed by atoms with E-state index in [0.717, 1.165) is 12.1 Å². The van der Waals surface area contributed by atoms with Crippen molar-refractivity contribution in [3.05, 3.63) is 42.0 Å². The summed E-state index contributed by atoms with van der Waals surface area (Å²) in [4.78, 5) is 24.2. The van der Waals surface area contributed by atoms with Gasteiger partial charge < -0.3 is 15.4 Å². The highest BCUT2D eigenvalue weighted by atomic mass is 16.5. The predicted molar refractivity (Wildman–Crippen MR) is 78.2 cm³/mol. The Morgan fingerprint density at radius 1 is 1.19 bits per heavy atom. The van der Waals surface area contributed by atoms with Gasteiger partial charge >= 0.3 is 0 Å². The van der Waals surface area contributed by atoms with Crippen molar-refractivity contribution >= 4 is 11.7 Å². The second-order valence-corrected chi connectivity index (χ2v) is 4.21. The molecule has 0 unspecified atom stereocenters. The summed E-state index contributed by atoms with van der Waals surface area (Å²) < 4.78 is 4.97. The van der Waals surface area contributed by atoms with Gasteiger partial charge in [-0.05, 0) is 12.5 Å². The number of anilines is 1. The molecule has 1 amide bonds. The molecule has 2 aromatic rings. The van der Waals surface area contributed by atoms with E-state index >= 15 is 0 Å². The maximum atomic E-state index is 11.9. The summed E-state index contributed by atoms with van der Waals surface area (Å²) in [6.07, 6.45) is 4.63. The van der Waals surface area contributed by atoms with Crippen LogP contribution in [0.1, 0.15) is 23.0 Å². The number of rotatable bonds is 6. The van der Waals surface area contributed by atoms with E-state index in [0.29, 0.717) is 18.2 Å². The molecular weight excluding hydrogens is 270 g/mol. The maximum absolute atomic E-state index is 11.9. The first kappa shape index (κ1) is 14.7. The molecule has 7 heteroatoms. The quantitative estimate of drug-likeness (QED) is 0.831. The molecule has 2 rings (SSSR count). The molecule has 2 N–H and O–H groups in total. The Morgan fingerprint density at radius 3 is 2.62 bits per heavy atom. The Labute approximate surface area is 122 Å². The lowest BCUT2D eigenvalue weighted by Crippen LogP contribution is -2.24. The van der Waals surface area contributed by atoms with E-state index in [4.69, 9.17) is 4.74 Å². The first-order valence-corrected chi connectivity index (χ1v) is 6.56. The van der Waals surface area contributed by atoms with Crippen molar-refractivity contribution in [2.24, 2.45) is 0 Å². The lowest BCUT2D eigenvalue weighted by atomic mass is 10.3. The van der Waals surface area contributed by atoms with Gasteiger partial charge in [-0.2, -0.15) is 0 Å². The molecule has 0 aliphatic heterocycles. The largest absolute Gasteiger partial charge is 0.481 e. The van der Waals surface area contributed by atoms with Crippen LogP contribution in [0.15, 0.2) is 30.7 Å². The van der Waals surface area contributed by atoms with Gasteiger partial charge in [-0.25, -0.2) is 15.0 Å². The lowest BCUT2D eigenvalue weighted by molar-refractivity contribution is 0.0945. The molecule has 2 aromatic heterocycles. The van der Waals surface area contributed by atoms with E-state index in [2.05, 4.69) is 25.6 Å². The number of ether oxygens (including phenoxy) is 1. The molecule has 0 bridgehead atoms. The number of methoxy groups -OCH3 is 1. The number of amides is 1. The van der Waals surface area contributed by atoms with Crippen molar-refractivity contribution in [2.75, 3.05) is 19.0 Å². The Kier molecular flexibility index (Phi) is 5.03. The molecule has 21 heavy (non-hydrogen) atoms. The zero-order valence-corrected chi connectivity index (χ0v) is 12.0. The summed E-state index contributed by atoms with van der Waals surface area (Å²) in [5.74, 6) is 0.907. The molecule has 110 valence electrons. The summed E-state index contributed by atoms with van der Waals surface area (Å²) in [5.41, 5.74) is 1.15. The number of aromatic nitrogens is 3. The van der Waals surface area contributed by atoms with Crippen LogP contribution in [-0.4, -0.2) is 34.5 Å². The fraction of sp³-hybridized carbons (Fsp3) is 0.286. The molecule has 0 radical (unpaired) electrons. The number of hydrogen-bond acceptors (Lipinski definition) is 6. The number of nitrogens with zero attached hydrogens (tertiary/aromatic N) is 3. The van der Waals surface area contributed by atoms with Crippen molar-refractivity contribution < 1.29 is 9.53 Å². The van der Waals surface area contributed by atoms with Crippen LogP contribution in [0.4, 0.5) is 5.82 Å². The SMILES string of the molecule is CCNc1cnc(C(=O)NCc2ccc(OC)nc2)cn1. The van der Waals surface area contributed by atoms with Crippen LogP contribution in [0.2, 0.25) is 0 Å². The number of carbonyl (C=O) groups is 1. The fourth-order valence-corrected chi connectivity index (χ4v) is 1.63. The van der Waals surface area contributed by atoms with Crippen LogP contribution in [-0.2, 0) is 6.54 Å². The van der Waals surface area contributed by atoms with Crippen LogP contribution in [0.5, 0.6) is 5.88 Å². The Morgan fingerprint density at radius 2 is 2.05 bits per heavy atom. The molecule has 0 fully saturated rings.